The highest BCUT2D eigenvalue weighted by molar-refractivity contribution is 5.52. The average Bonchev–Trinajstić information content (AvgIpc) is 2.62. The lowest BCUT2D eigenvalue weighted by Gasteiger charge is -2.58. The van der Waals surface area contributed by atoms with E-state index in [0.29, 0.717) is 17.4 Å². The van der Waals surface area contributed by atoms with Crippen molar-refractivity contribution in [3.8, 4) is 5.75 Å². The van der Waals surface area contributed by atoms with Crippen molar-refractivity contribution in [3.63, 3.8) is 0 Å². The summed E-state index contributed by atoms with van der Waals surface area (Å²) < 4.78 is 6.00. The van der Waals surface area contributed by atoms with Gasteiger partial charge in [0.1, 0.15) is 5.75 Å². The van der Waals surface area contributed by atoms with E-state index in [9.17, 15) is 4.79 Å². The fourth-order valence-corrected chi connectivity index (χ4v) is 5.57. The van der Waals surface area contributed by atoms with Crippen LogP contribution in [0.15, 0.2) is 18.2 Å². The van der Waals surface area contributed by atoms with Crippen LogP contribution in [0.5, 0.6) is 5.75 Å². The van der Waals surface area contributed by atoms with E-state index in [1.54, 1.807) is 5.56 Å². The van der Waals surface area contributed by atoms with Gasteiger partial charge in [-0.2, -0.15) is 0 Å². The van der Waals surface area contributed by atoms with Crippen LogP contribution in [0.25, 0.3) is 0 Å². The predicted molar refractivity (Wildman–Crippen MR) is 95.4 cm³/mol. The first-order valence-corrected chi connectivity index (χ1v) is 9.76. The van der Waals surface area contributed by atoms with Crippen LogP contribution >= 0.6 is 0 Å². The van der Waals surface area contributed by atoms with Gasteiger partial charge in [-0.1, -0.05) is 32.3 Å². The summed E-state index contributed by atoms with van der Waals surface area (Å²) in [6.45, 7) is 3.93. The van der Waals surface area contributed by atoms with Crippen molar-refractivity contribution in [2.45, 2.75) is 69.7 Å². The predicted octanol–water partition coefficient (Wildman–Crippen LogP) is 4.08. The summed E-state index contributed by atoms with van der Waals surface area (Å²) >= 11 is 0. The molecule has 0 aromatic heterocycles. The molecule has 1 heterocycles. The third-order valence-corrected chi connectivity index (χ3v) is 6.75. The van der Waals surface area contributed by atoms with E-state index < -0.39 is 0 Å². The number of rotatable bonds is 5. The summed E-state index contributed by atoms with van der Waals surface area (Å²) in [7, 11) is 0. The largest absolute Gasteiger partial charge is 0.494 e. The summed E-state index contributed by atoms with van der Waals surface area (Å²) in [5, 5.41) is 0. The van der Waals surface area contributed by atoms with Crippen molar-refractivity contribution >= 4 is 6.41 Å². The quantitative estimate of drug-likeness (QED) is 0.602. The number of hydrogen-bond donors (Lipinski definition) is 0. The van der Waals surface area contributed by atoms with Crippen LogP contribution in [0.3, 0.4) is 0 Å². The van der Waals surface area contributed by atoms with Crippen molar-refractivity contribution in [3.05, 3.63) is 29.3 Å². The summed E-state index contributed by atoms with van der Waals surface area (Å²) in [6.07, 6.45) is 10.7. The zero-order valence-corrected chi connectivity index (χ0v) is 14.8. The van der Waals surface area contributed by atoms with Crippen molar-refractivity contribution in [1.82, 2.24) is 4.90 Å². The van der Waals surface area contributed by atoms with Crippen molar-refractivity contribution in [2.24, 2.45) is 5.92 Å². The van der Waals surface area contributed by atoms with E-state index in [2.05, 4.69) is 30.0 Å². The summed E-state index contributed by atoms with van der Waals surface area (Å²) in [6, 6.07) is 7.16. The number of benzene rings is 1. The highest BCUT2D eigenvalue weighted by Crippen LogP contribution is 2.55. The van der Waals surface area contributed by atoms with Crippen LogP contribution in [0.1, 0.15) is 63.0 Å². The number of carbonyl (C=O) groups is 1. The standard InChI is InChI=1S/C21H29NO2/c1-2-3-12-24-17-8-7-16-13-20-18-6-4-5-9-21(18,19(16)14-17)10-11-22(20)15-23/h7-8,14-15,18,20H,2-6,9-13H2,1H3/t18?,20-,21+/m1/s1. The maximum Gasteiger partial charge on any atom is 0.209 e. The van der Waals surface area contributed by atoms with E-state index in [0.717, 1.165) is 44.6 Å². The molecule has 3 aliphatic rings. The van der Waals surface area contributed by atoms with E-state index in [1.807, 2.05) is 0 Å². The summed E-state index contributed by atoms with van der Waals surface area (Å²) in [4.78, 5) is 13.6. The van der Waals surface area contributed by atoms with Gasteiger partial charge in [-0.05, 0) is 61.3 Å². The molecule has 0 radical (unpaired) electrons. The third-order valence-electron chi connectivity index (χ3n) is 6.75. The minimum absolute atomic E-state index is 0.292. The van der Waals surface area contributed by atoms with Gasteiger partial charge in [0, 0.05) is 18.0 Å². The van der Waals surface area contributed by atoms with Gasteiger partial charge in [0.05, 0.1) is 6.61 Å². The lowest BCUT2D eigenvalue weighted by molar-refractivity contribution is -0.126. The second-order valence-electron chi connectivity index (χ2n) is 7.89. The van der Waals surface area contributed by atoms with Gasteiger partial charge < -0.3 is 9.64 Å². The molecule has 2 aliphatic carbocycles. The normalized spacial score (nSPS) is 31.1. The van der Waals surface area contributed by atoms with Gasteiger partial charge in [-0.15, -0.1) is 0 Å². The van der Waals surface area contributed by atoms with Crippen LogP contribution in [-0.4, -0.2) is 30.5 Å². The Kier molecular flexibility index (Phi) is 4.28. The number of amides is 1. The fraction of sp³-hybridized carbons (Fsp3) is 0.667. The maximum atomic E-state index is 11.6. The molecule has 3 atom stereocenters. The molecule has 4 rings (SSSR count). The molecule has 1 aliphatic heterocycles. The van der Waals surface area contributed by atoms with Crippen molar-refractivity contribution in [2.75, 3.05) is 13.2 Å². The second kappa shape index (κ2) is 6.42. The molecule has 0 spiro atoms. The number of likely N-dealkylation sites (tertiary alicyclic amines) is 1. The summed E-state index contributed by atoms with van der Waals surface area (Å²) in [5.74, 6) is 1.68. The lowest BCUT2D eigenvalue weighted by atomic mass is 9.52. The number of hydrogen-bond acceptors (Lipinski definition) is 2. The first-order valence-electron chi connectivity index (χ1n) is 9.76. The van der Waals surface area contributed by atoms with Gasteiger partial charge in [0.25, 0.3) is 0 Å². The SMILES string of the molecule is CCCCOc1ccc2c(c1)[C@]13CCCCC1[C@@H](C2)N(C=O)CC3. The molecule has 130 valence electrons. The van der Waals surface area contributed by atoms with Crippen molar-refractivity contribution < 1.29 is 9.53 Å². The van der Waals surface area contributed by atoms with E-state index in [4.69, 9.17) is 4.74 Å². The minimum Gasteiger partial charge on any atom is -0.494 e. The molecule has 1 amide bonds. The van der Waals surface area contributed by atoms with E-state index in [1.165, 1.54) is 37.7 Å². The Balaban J connectivity index is 1.71. The fourth-order valence-electron chi connectivity index (χ4n) is 5.57. The molecular weight excluding hydrogens is 298 g/mol. The van der Waals surface area contributed by atoms with E-state index in [-0.39, 0.29) is 0 Å². The van der Waals surface area contributed by atoms with Gasteiger partial charge in [-0.3, -0.25) is 4.79 Å². The highest BCUT2D eigenvalue weighted by Gasteiger charge is 2.53. The lowest BCUT2D eigenvalue weighted by Crippen LogP contribution is -2.60. The Hall–Kier alpha value is -1.51. The number of carbonyl (C=O) groups excluding carboxylic acids is 1. The van der Waals surface area contributed by atoms with Gasteiger partial charge in [0.2, 0.25) is 6.41 Å². The molecule has 2 fully saturated rings. The topological polar surface area (TPSA) is 29.5 Å². The van der Waals surface area contributed by atoms with E-state index >= 15 is 0 Å². The van der Waals surface area contributed by atoms with Crippen LogP contribution in [0.4, 0.5) is 0 Å². The Morgan fingerprint density at radius 3 is 3.08 bits per heavy atom. The average molecular weight is 327 g/mol. The Labute approximate surface area is 145 Å². The van der Waals surface area contributed by atoms with Gasteiger partial charge in [-0.25, -0.2) is 0 Å². The smallest absolute Gasteiger partial charge is 0.209 e. The number of piperidine rings is 1. The molecule has 3 nitrogen and oxygen atoms in total. The van der Waals surface area contributed by atoms with Gasteiger partial charge >= 0.3 is 0 Å². The summed E-state index contributed by atoms with van der Waals surface area (Å²) in [5.41, 5.74) is 3.29. The molecule has 3 heteroatoms. The number of nitrogens with zero attached hydrogens (tertiary/aromatic N) is 1. The Bertz CT molecular complexity index is 614. The first kappa shape index (κ1) is 16.0. The highest BCUT2D eigenvalue weighted by atomic mass is 16.5. The number of fused-ring (bicyclic) bond motifs is 1. The monoisotopic (exact) mass is 327 g/mol. The second-order valence-corrected chi connectivity index (χ2v) is 7.89. The molecule has 1 aromatic carbocycles. The molecule has 1 saturated heterocycles. The van der Waals surface area contributed by atoms with Crippen molar-refractivity contribution in [1.29, 1.82) is 0 Å². The Morgan fingerprint density at radius 1 is 1.33 bits per heavy atom. The zero-order chi connectivity index (χ0) is 16.6. The third kappa shape index (κ3) is 2.44. The Morgan fingerprint density at radius 2 is 2.25 bits per heavy atom. The van der Waals surface area contributed by atoms with Crippen LogP contribution in [-0.2, 0) is 16.6 Å². The zero-order valence-electron chi connectivity index (χ0n) is 14.8. The molecule has 24 heavy (non-hydrogen) atoms. The molecule has 1 unspecified atom stereocenters. The molecule has 0 N–H and O–H groups in total. The number of unbranched alkanes of at least 4 members (excludes halogenated alkanes) is 1. The number of ether oxygens (including phenoxy) is 1. The molecule has 1 aromatic rings. The maximum absolute atomic E-state index is 11.6. The first-order chi connectivity index (χ1) is 11.8. The minimum atomic E-state index is 0.292. The molecule has 1 saturated carbocycles. The van der Waals surface area contributed by atoms with Crippen LogP contribution in [0.2, 0.25) is 0 Å². The molecular formula is C21H29NO2. The van der Waals surface area contributed by atoms with Gasteiger partial charge in [0.15, 0.2) is 0 Å². The van der Waals surface area contributed by atoms with Crippen LogP contribution < -0.4 is 4.74 Å². The van der Waals surface area contributed by atoms with Crippen LogP contribution in [0, 0.1) is 5.92 Å². The molecule has 2 bridgehead atoms.